The standard InChI is InChI=1S/C15H24N2O2/c1-5-16-15(18)13(4)17-12(3)10-19-14-8-6-11(2)7-9-14/h6-9,12-13,17H,5,10H2,1-4H3,(H,16,18). The van der Waals surface area contributed by atoms with E-state index in [2.05, 4.69) is 10.6 Å². The number of likely N-dealkylation sites (N-methyl/N-ethyl adjacent to an activating group) is 1. The Balaban J connectivity index is 2.33. The number of hydrogen-bond acceptors (Lipinski definition) is 3. The predicted molar refractivity (Wildman–Crippen MR) is 77.4 cm³/mol. The third-order valence-corrected chi connectivity index (χ3v) is 2.80. The molecule has 0 aliphatic rings. The monoisotopic (exact) mass is 264 g/mol. The predicted octanol–water partition coefficient (Wildman–Crippen LogP) is 1.88. The summed E-state index contributed by atoms with van der Waals surface area (Å²) >= 11 is 0. The van der Waals surface area contributed by atoms with Gasteiger partial charge in [-0.3, -0.25) is 4.79 Å². The lowest BCUT2D eigenvalue weighted by Crippen LogP contribution is -2.47. The summed E-state index contributed by atoms with van der Waals surface area (Å²) in [6, 6.07) is 7.84. The second-order valence-corrected chi connectivity index (χ2v) is 4.81. The molecule has 0 aliphatic heterocycles. The molecule has 0 heterocycles. The normalized spacial score (nSPS) is 13.7. The lowest BCUT2D eigenvalue weighted by atomic mass is 10.2. The van der Waals surface area contributed by atoms with Gasteiger partial charge in [0.2, 0.25) is 5.91 Å². The first-order valence-electron chi connectivity index (χ1n) is 6.76. The van der Waals surface area contributed by atoms with Crippen molar-refractivity contribution in [2.24, 2.45) is 0 Å². The number of carbonyl (C=O) groups is 1. The Morgan fingerprint density at radius 2 is 1.89 bits per heavy atom. The highest BCUT2D eigenvalue weighted by Crippen LogP contribution is 2.11. The number of rotatable bonds is 7. The molecule has 0 saturated carbocycles. The molecule has 0 aliphatic carbocycles. The average molecular weight is 264 g/mol. The van der Waals surface area contributed by atoms with Gasteiger partial charge in [0.25, 0.3) is 0 Å². The Hall–Kier alpha value is -1.55. The van der Waals surface area contributed by atoms with Gasteiger partial charge in [0, 0.05) is 12.6 Å². The average Bonchev–Trinajstić information content (AvgIpc) is 2.38. The van der Waals surface area contributed by atoms with E-state index in [0.29, 0.717) is 13.2 Å². The fraction of sp³-hybridized carbons (Fsp3) is 0.533. The van der Waals surface area contributed by atoms with E-state index in [9.17, 15) is 4.79 Å². The molecule has 2 N–H and O–H groups in total. The quantitative estimate of drug-likeness (QED) is 0.790. The molecule has 4 heteroatoms. The Kier molecular flexibility index (Phi) is 6.36. The summed E-state index contributed by atoms with van der Waals surface area (Å²) in [5.41, 5.74) is 1.21. The third kappa shape index (κ3) is 5.75. The molecule has 1 amide bonds. The zero-order valence-electron chi connectivity index (χ0n) is 12.2. The molecule has 2 unspecified atom stereocenters. The number of ether oxygens (including phenoxy) is 1. The maximum atomic E-state index is 11.6. The Morgan fingerprint density at radius 3 is 2.47 bits per heavy atom. The van der Waals surface area contributed by atoms with Crippen LogP contribution in [0.5, 0.6) is 5.75 Å². The van der Waals surface area contributed by atoms with Crippen LogP contribution in [0.4, 0.5) is 0 Å². The molecule has 0 saturated heterocycles. The summed E-state index contributed by atoms with van der Waals surface area (Å²) in [5, 5.41) is 6.00. The van der Waals surface area contributed by atoms with E-state index < -0.39 is 0 Å². The van der Waals surface area contributed by atoms with Crippen LogP contribution < -0.4 is 15.4 Å². The van der Waals surface area contributed by atoms with Crippen LogP contribution in [0, 0.1) is 6.92 Å². The van der Waals surface area contributed by atoms with Crippen molar-refractivity contribution in [3.63, 3.8) is 0 Å². The SMILES string of the molecule is CCNC(=O)C(C)NC(C)COc1ccc(C)cc1. The molecule has 0 radical (unpaired) electrons. The van der Waals surface area contributed by atoms with Gasteiger partial charge in [-0.1, -0.05) is 17.7 Å². The lowest BCUT2D eigenvalue weighted by Gasteiger charge is -2.19. The van der Waals surface area contributed by atoms with Gasteiger partial charge in [-0.2, -0.15) is 0 Å². The molecule has 2 atom stereocenters. The van der Waals surface area contributed by atoms with E-state index in [1.807, 2.05) is 52.0 Å². The fourth-order valence-electron chi connectivity index (χ4n) is 1.73. The molecule has 0 bridgehead atoms. The molecule has 0 aromatic heterocycles. The lowest BCUT2D eigenvalue weighted by molar-refractivity contribution is -0.122. The molecular formula is C15H24N2O2. The van der Waals surface area contributed by atoms with Crippen LogP contribution in [0.1, 0.15) is 26.3 Å². The Morgan fingerprint density at radius 1 is 1.26 bits per heavy atom. The molecule has 1 aromatic rings. The minimum absolute atomic E-state index is 0.0182. The van der Waals surface area contributed by atoms with E-state index in [-0.39, 0.29) is 18.0 Å². The van der Waals surface area contributed by atoms with Crippen molar-refractivity contribution in [2.75, 3.05) is 13.2 Å². The summed E-state index contributed by atoms with van der Waals surface area (Å²) in [5.74, 6) is 0.870. The van der Waals surface area contributed by atoms with Crippen molar-refractivity contribution < 1.29 is 9.53 Å². The second kappa shape index (κ2) is 7.79. The first-order valence-corrected chi connectivity index (χ1v) is 6.76. The zero-order valence-corrected chi connectivity index (χ0v) is 12.2. The van der Waals surface area contributed by atoms with Crippen LogP contribution in [-0.4, -0.2) is 31.1 Å². The van der Waals surface area contributed by atoms with Crippen LogP contribution in [0.15, 0.2) is 24.3 Å². The molecular weight excluding hydrogens is 240 g/mol. The van der Waals surface area contributed by atoms with Gasteiger partial charge < -0.3 is 15.4 Å². The number of benzene rings is 1. The number of aryl methyl sites for hydroxylation is 1. The van der Waals surface area contributed by atoms with Crippen molar-refractivity contribution in [3.8, 4) is 5.75 Å². The highest BCUT2D eigenvalue weighted by atomic mass is 16.5. The van der Waals surface area contributed by atoms with Gasteiger partial charge in [0.05, 0.1) is 6.04 Å². The van der Waals surface area contributed by atoms with Crippen LogP contribution in [0.3, 0.4) is 0 Å². The van der Waals surface area contributed by atoms with Crippen molar-refractivity contribution in [1.29, 1.82) is 0 Å². The van der Waals surface area contributed by atoms with Gasteiger partial charge in [0.15, 0.2) is 0 Å². The first-order chi connectivity index (χ1) is 9.02. The van der Waals surface area contributed by atoms with Crippen LogP contribution in [0.25, 0.3) is 0 Å². The zero-order chi connectivity index (χ0) is 14.3. The van der Waals surface area contributed by atoms with Crippen LogP contribution in [-0.2, 0) is 4.79 Å². The summed E-state index contributed by atoms with van der Waals surface area (Å²) in [6.07, 6.45) is 0. The highest BCUT2D eigenvalue weighted by Gasteiger charge is 2.14. The van der Waals surface area contributed by atoms with Crippen LogP contribution in [0.2, 0.25) is 0 Å². The van der Waals surface area contributed by atoms with E-state index in [0.717, 1.165) is 5.75 Å². The second-order valence-electron chi connectivity index (χ2n) is 4.81. The minimum atomic E-state index is -0.212. The first kappa shape index (κ1) is 15.5. The molecule has 0 spiro atoms. The van der Waals surface area contributed by atoms with Crippen molar-refractivity contribution in [3.05, 3.63) is 29.8 Å². The molecule has 1 rings (SSSR count). The smallest absolute Gasteiger partial charge is 0.236 e. The minimum Gasteiger partial charge on any atom is -0.492 e. The maximum Gasteiger partial charge on any atom is 0.236 e. The summed E-state index contributed by atoms with van der Waals surface area (Å²) in [4.78, 5) is 11.6. The van der Waals surface area contributed by atoms with Gasteiger partial charge >= 0.3 is 0 Å². The number of nitrogens with one attached hydrogen (secondary N) is 2. The van der Waals surface area contributed by atoms with E-state index in [1.54, 1.807) is 0 Å². The van der Waals surface area contributed by atoms with Crippen LogP contribution >= 0.6 is 0 Å². The summed E-state index contributed by atoms with van der Waals surface area (Å²) in [7, 11) is 0. The van der Waals surface area contributed by atoms with E-state index in [1.165, 1.54) is 5.56 Å². The molecule has 19 heavy (non-hydrogen) atoms. The van der Waals surface area contributed by atoms with Gasteiger partial charge in [-0.05, 0) is 39.8 Å². The number of carbonyl (C=O) groups excluding carboxylic acids is 1. The number of amides is 1. The van der Waals surface area contributed by atoms with Gasteiger partial charge in [-0.25, -0.2) is 0 Å². The molecule has 4 nitrogen and oxygen atoms in total. The Bertz CT molecular complexity index is 390. The largest absolute Gasteiger partial charge is 0.492 e. The maximum absolute atomic E-state index is 11.6. The fourth-order valence-corrected chi connectivity index (χ4v) is 1.73. The topological polar surface area (TPSA) is 50.4 Å². The molecule has 0 fully saturated rings. The Labute approximate surface area is 115 Å². The van der Waals surface area contributed by atoms with Gasteiger partial charge in [-0.15, -0.1) is 0 Å². The van der Waals surface area contributed by atoms with Crippen molar-refractivity contribution in [2.45, 2.75) is 39.8 Å². The highest BCUT2D eigenvalue weighted by molar-refractivity contribution is 5.81. The van der Waals surface area contributed by atoms with Crippen molar-refractivity contribution in [1.82, 2.24) is 10.6 Å². The molecule has 1 aromatic carbocycles. The third-order valence-electron chi connectivity index (χ3n) is 2.80. The van der Waals surface area contributed by atoms with E-state index >= 15 is 0 Å². The number of hydrogen-bond donors (Lipinski definition) is 2. The van der Waals surface area contributed by atoms with E-state index in [4.69, 9.17) is 4.74 Å². The van der Waals surface area contributed by atoms with Gasteiger partial charge in [0.1, 0.15) is 12.4 Å². The van der Waals surface area contributed by atoms with Crippen molar-refractivity contribution >= 4 is 5.91 Å². The summed E-state index contributed by atoms with van der Waals surface area (Å²) < 4.78 is 5.67. The molecule has 106 valence electrons. The summed E-state index contributed by atoms with van der Waals surface area (Å²) in [6.45, 7) is 9.00.